The molecule has 25 heavy (non-hydrogen) atoms. The molecule has 0 aliphatic heterocycles. The molecule has 1 atom stereocenters. The first-order chi connectivity index (χ1) is 12.0. The molecular weight excluding hydrogens is 339 g/mol. The normalized spacial score (nSPS) is 12.5. The van der Waals surface area contributed by atoms with Crippen molar-refractivity contribution in [2.45, 2.75) is 10.4 Å². The summed E-state index contributed by atoms with van der Waals surface area (Å²) in [4.78, 5) is 12.6. The predicted molar refractivity (Wildman–Crippen MR) is 93.8 cm³/mol. The van der Waals surface area contributed by atoms with Gasteiger partial charge in [-0.3, -0.25) is 4.79 Å². The number of rotatable bonds is 5. The highest BCUT2D eigenvalue weighted by atomic mass is 32.2. The van der Waals surface area contributed by atoms with Crippen molar-refractivity contribution in [2.75, 3.05) is 0 Å². The minimum Gasteiger partial charge on any atom is -0.289 e. The van der Waals surface area contributed by atoms with Crippen molar-refractivity contribution in [3.63, 3.8) is 0 Å². The molecule has 0 spiro atoms. The number of ketones is 1. The van der Waals surface area contributed by atoms with E-state index >= 15 is 0 Å². The zero-order chi connectivity index (χ0) is 17.9. The third-order valence-electron chi connectivity index (χ3n) is 3.83. The van der Waals surface area contributed by atoms with E-state index in [1.807, 2.05) is 0 Å². The number of halogens is 1. The van der Waals surface area contributed by atoms with Gasteiger partial charge >= 0.3 is 0 Å². The molecule has 0 fully saturated rings. The van der Waals surface area contributed by atoms with E-state index in [1.54, 1.807) is 42.5 Å². The Labute approximate surface area is 145 Å². The second kappa shape index (κ2) is 6.99. The van der Waals surface area contributed by atoms with Gasteiger partial charge in [0.25, 0.3) is 0 Å². The smallest absolute Gasteiger partial charge is 0.231 e. The summed E-state index contributed by atoms with van der Waals surface area (Å²) in [6.45, 7) is 0. The van der Waals surface area contributed by atoms with Crippen LogP contribution in [0.5, 0.6) is 0 Å². The zero-order valence-corrected chi connectivity index (χ0v) is 14.0. The largest absolute Gasteiger partial charge is 0.289 e. The van der Waals surface area contributed by atoms with Gasteiger partial charge in [-0.2, -0.15) is 0 Å². The molecule has 3 nitrogen and oxygen atoms in total. The number of hydrogen-bond acceptors (Lipinski definition) is 3. The Morgan fingerprint density at radius 2 is 1.28 bits per heavy atom. The molecule has 0 amide bonds. The molecule has 3 aromatic rings. The first-order valence-electron chi connectivity index (χ1n) is 7.63. The molecule has 0 saturated heterocycles. The molecule has 5 heteroatoms. The van der Waals surface area contributed by atoms with Gasteiger partial charge in [-0.25, -0.2) is 12.8 Å². The number of carbonyl (C=O) groups is 1. The van der Waals surface area contributed by atoms with Crippen molar-refractivity contribution in [3.8, 4) is 0 Å². The van der Waals surface area contributed by atoms with Crippen LogP contribution in [0.3, 0.4) is 0 Å². The molecule has 3 aromatic carbocycles. The first-order valence-corrected chi connectivity index (χ1v) is 9.18. The Bertz CT molecular complexity index is 984. The van der Waals surface area contributed by atoms with Crippen molar-refractivity contribution in [1.82, 2.24) is 0 Å². The van der Waals surface area contributed by atoms with Gasteiger partial charge in [-0.15, -0.1) is 0 Å². The highest BCUT2D eigenvalue weighted by Gasteiger charge is 2.32. The second-order valence-electron chi connectivity index (χ2n) is 5.46. The molecule has 0 heterocycles. The summed E-state index contributed by atoms with van der Waals surface area (Å²) < 4.78 is 40.1. The van der Waals surface area contributed by atoms with Crippen LogP contribution in [0.2, 0.25) is 0 Å². The monoisotopic (exact) mass is 354 g/mol. The fourth-order valence-corrected chi connectivity index (χ4v) is 3.86. The third-order valence-corrected chi connectivity index (χ3v) is 5.56. The van der Waals surface area contributed by atoms with Crippen molar-refractivity contribution >= 4 is 15.6 Å². The van der Waals surface area contributed by atoms with Crippen LogP contribution in [-0.2, 0) is 9.84 Å². The van der Waals surface area contributed by atoms with E-state index < -0.39 is 21.1 Å². The molecule has 0 radical (unpaired) electrons. The number of sulfone groups is 1. The molecule has 0 N–H and O–H groups in total. The van der Waals surface area contributed by atoms with E-state index in [0.29, 0.717) is 5.56 Å². The van der Waals surface area contributed by atoms with Gasteiger partial charge in [-0.05, 0) is 12.1 Å². The van der Waals surface area contributed by atoms with Gasteiger partial charge in [0.05, 0.1) is 4.90 Å². The summed E-state index contributed by atoms with van der Waals surface area (Å²) in [6.07, 6.45) is 0. The highest BCUT2D eigenvalue weighted by molar-refractivity contribution is 7.91. The van der Waals surface area contributed by atoms with Crippen LogP contribution >= 0.6 is 0 Å². The van der Waals surface area contributed by atoms with Gasteiger partial charge in [0.1, 0.15) is 0 Å². The van der Waals surface area contributed by atoms with Crippen LogP contribution in [-0.4, -0.2) is 14.2 Å². The van der Waals surface area contributed by atoms with Crippen LogP contribution in [0.1, 0.15) is 27.0 Å². The minimum absolute atomic E-state index is 0.0423. The van der Waals surface area contributed by atoms with Gasteiger partial charge in [-0.1, -0.05) is 72.8 Å². The molecule has 126 valence electrons. The Hall–Kier alpha value is -2.79. The highest BCUT2D eigenvalue weighted by Crippen LogP contribution is 2.32. The van der Waals surface area contributed by atoms with Crippen molar-refractivity contribution in [3.05, 3.63) is 102 Å². The molecule has 0 bridgehead atoms. The van der Waals surface area contributed by atoms with Crippen molar-refractivity contribution < 1.29 is 17.6 Å². The fraction of sp³-hybridized carbons (Fsp3) is 0.0500. The number of hydrogen-bond donors (Lipinski definition) is 0. The lowest BCUT2D eigenvalue weighted by molar-refractivity contribution is 0.103. The summed E-state index contributed by atoms with van der Waals surface area (Å²) in [6, 6.07) is 21.6. The van der Waals surface area contributed by atoms with E-state index in [4.69, 9.17) is 0 Å². The van der Waals surface area contributed by atoms with Gasteiger partial charge in [0, 0.05) is 16.7 Å². The molecule has 1 unspecified atom stereocenters. The van der Waals surface area contributed by atoms with Gasteiger partial charge in [0.2, 0.25) is 15.3 Å². The zero-order valence-electron chi connectivity index (χ0n) is 13.2. The van der Waals surface area contributed by atoms with Crippen molar-refractivity contribution in [2.24, 2.45) is 0 Å². The lowest BCUT2D eigenvalue weighted by atomic mass is 9.99. The van der Waals surface area contributed by atoms with Crippen LogP contribution in [0.4, 0.5) is 4.39 Å². The quantitative estimate of drug-likeness (QED) is 0.640. The van der Waals surface area contributed by atoms with E-state index in [2.05, 4.69) is 0 Å². The van der Waals surface area contributed by atoms with Crippen molar-refractivity contribution in [1.29, 1.82) is 0 Å². The van der Waals surface area contributed by atoms with Crippen LogP contribution < -0.4 is 0 Å². The molecule has 0 aliphatic rings. The molecule has 0 aliphatic carbocycles. The summed E-state index contributed by atoms with van der Waals surface area (Å²) in [5.41, 5.74) is -2.06. The molecule has 0 aromatic heterocycles. The maximum atomic E-state index is 15.0. The average Bonchev–Trinajstić information content (AvgIpc) is 2.68. The Kier molecular flexibility index (Phi) is 4.76. The topological polar surface area (TPSA) is 51.2 Å². The number of benzene rings is 3. The number of carbonyl (C=O) groups excluding carboxylic acids is 1. The van der Waals surface area contributed by atoms with Crippen LogP contribution in [0.15, 0.2) is 89.8 Å². The summed E-state index contributed by atoms with van der Waals surface area (Å²) >= 11 is 0. The van der Waals surface area contributed by atoms with Crippen LogP contribution in [0.25, 0.3) is 0 Å². The molecule has 0 saturated carbocycles. The maximum Gasteiger partial charge on any atom is 0.231 e. The van der Waals surface area contributed by atoms with Crippen LogP contribution in [0, 0.1) is 0 Å². The van der Waals surface area contributed by atoms with Gasteiger partial charge in [0.15, 0.2) is 5.78 Å². The standard InChI is InChI=1S/C20H15FO3S/c21-20(25(23,24)16-11-5-2-6-12-16)18-14-8-7-13-17(18)19(22)15-9-3-1-4-10-15/h1-14,20H. The SMILES string of the molecule is O=C(c1ccccc1)c1ccccc1C(F)S(=O)(=O)c1ccccc1. The minimum atomic E-state index is -4.25. The number of alkyl halides is 1. The summed E-state index contributed by atoms with van der Waals surface area (Å²) in [5.74, 6) is -0.415. The third kappa shape index (κ3) is 3.37. The first kappa shape index (κ1) is 17.0. The van der Waals surface area contributed by atoms with E-state index in [-0.39, 0.29) is 16.0 Å². The lowest BCUT2D eigenvalue weighted by Crippen LogP contribution is -2.14. The van der Waals surface area contributed by atoms with Gasteiger partial charge < -0.3 is 0 Å². The second-order valence-corrected chi connectivity index (χ2v) is 7.43. The lowest BCUT2D eigenvalue weighted by Gasteiger charge is -2.14. The Morgan fingerprint density at radius 3 is 1.92 bits per heavy atom. The predicted octanol–water partition coefficient (Wildman–Crippen LogP) is 4.36. The summed E-state index contributed by atoms with van der Waals surface area (Å²) in [5, 5.41) is 0. The maximum absolute atomic E-state index is 15.0. The molecular formula is C20H15FO3S. The summed E-state index contributed by atoms with van der Waals surface area (Å²) in [7, 11) is -4.25. The molecule has 3 rings (SSSR count). The average molecular weight is 354 g/mol. The Morgan fingerprint density at radius 1 is 0.760 bits per heavy atom. The van der Waals surface area contributed by atoms with E-state index in [9.17, 15) is 17.6 Å². The van der Waals surface area contributed by atoms with E-state index in [1.165, 1.54) is 42.5 Å². The fourth-order valence-electron chi connectivity index (χ4n) is 2.54. The Balaban J connectivity index is 2.06. The van der Waals surface area contributed by atoms with E-state index in [0.717, 1.165) is 0 Å².